The van der Waals surface area contributed by atoms with E-state index in [2.05, 4.69) is 10.4 Å². The van der Waals surface area contributed by atoms with E-state index in [0.717, 1.165) is 34.0 Å². The number of carbonyl (C=O) groups is 1. The number of amides is 1. The predicted octanol–water partition coefficient (Wildman–Crippen LogP) is 2.86. The summed E-state index contributed by atoms with van der Waals surface area (Å²) in [6.07, 6.45) is 1.10. The van der Waals surface area contributed by atoms with Gasteiger partial charge in [0.15, 0.2) is 0 Å². The second-order valence-electron chi connectivity index (χ2n) is 6.17. The van der Waals surface area contributed by atoms with Gasteiger partial charge in [-0.2, -0.15) is 5.10 Å². The molecule has 0 bridgehead atoms. The number of aromatic nitrogens is 2. The molecule has 25 heavy (non-hydrogen) atoms. The van der Waals surface area contributed by atoms with Crippen LogP contribution in [-0.4, -0.2) is 29.9 Å². The largest absolute Gasteiger partial charge is 0.497 e. The monoisotopic (exact) mass is 345 g/mol. The van der Waals surface area contributed by atoms with Crippen molar-refractivity contribution in [1.82, 2.24) is 15.1 Å². The van der Waals surface area contributed by atoms with Gasteiger partial charge in [-0.1, -0.05) is 0 Å². The van der Waals surface area contributed by atoms with Crippen molar-refractivity contribution in [3.63, 3.8) is 0 Å². The highest BCUT2D eigenvalue weighted by atomic mass is 16.5. The Morgan fingerprint density at radius 1 is 1.28 bits per heavy atom. The highest BCUT2D eigenvalue weighted by Gasteiger charge is 2.16. The fourth-order valence-corrected chi connectivity index (χ4v) is 2.99. The van der Waals surface area contributed by atoms with Gasteiger partial charge in [0.2, 0.25) is 5.91 Å². The summed E-state index contributed by atoms with van der Waals surface area (Å²) in [4.78, 5) is 12.4. The van der Waals surface area contributed by atoms with Crippen LogP contribution in [0.25, 0.3) is 0 Å². The molecule has 0 aliphatic heterocycles. The quantitative estimate of drug-likeness (QED) is 0.838. The third-order valence-corrected chi connectivity index (χ3v) is 4.54. The van der Waals surface area contributed by atoms with Gasteiger partial charge in [0.25, 0.3) is 0 Å². The van der Waals surface area contributed by atoms with Crippen LogP contribution in [0.2, 0.25) is 0 Å². The van der Waals surface area contributed by atoms with E-state index in [9.17, 15) is 4.79 Å². The summed E-state index contributed by atoms with van der Waals surface area (Å²) >= 11 is 0. The van der Waals surface area contributed by atoms with Gasteiger partial charge in [-0.3, -0.25) is 9.48 Å². The van der Waals surface area contributed by atoms with E-state index >= 15 is 0 Å². The molecule has 1 amide bonds. The van der Waals surface area contributed by atoms with E-state index < -0.39 is 0 Å². The fraction of sp³-hybridized carbons (Fsp3) is 0.474. The number of benzene rings is 1. The molecule has 136 valence electrons. The Bertz CT molecular complexity index is 753. The lowest BCUT2D eigenvalue weighted by Crippen LogP contribution is -2.27. The minimum Gasteiger partial charge on any atom is -0.497 e. The van der Waals surface area contributed by atoms with E-state index in [4.69, 9.17) is 9.47 Å². The zero-order valence-corrected chi connectivity index (χ0v) is 15.8. The number of hydrogen-bond acceptors (Lipinski definition) is 4. The summed E-state index contributed by atoms with van der Waals surface area (Å²) in [5.41, 5.74) is 4.12. The zero-order valence-electron chi connectivity index (χ0n) is 15.8. The predicted molar refractivity (Wildman–Crippen MR) is 97.1 cm³/mol. The molecular formula is C19H27N3O3. The normalized spacial score (nSPS) is 11.9. The summed E-state index contributed by atoms with van der Waals surface area (Å²) in [6, 6.07) is 5.40. The van der Waals surface area contributed by atoms with Gasteiger partial charge in [0.1, 0.15) is 11.5 Å². The van der Waals surface area contributed by atoms with Gasteiger partial charge >= 0.3 is 0 Å². The standard InChI is InChI=1S/C19H27N3O3/c1-12(17-11-15(24-5)7-9-18(17)25-6)20-19(23)10-8-16-13(2)21-22(4)14(16)3/h7,9,11-12H,8,10H2,1-6H3,(H,20,23). The Kier molecular flexibility index (Phi) is 6.07. The average molecular weight is 345 g/mol. The van der Waals surface area contributed by atoms with Crippen molar-refractivity contribution in [2.45, 2.75) is 39.7 Å². The lowest BCUT2D eigenvalue weighted by molar-refractivity contribution is -0.121. The molecule has 1 aromatic carbocycles. The fourth-order valence-electron chi connectivity index (χ4n) is 2.99. The maximum absolute atomic E-state index is 12.4. The summed E-state index contributed by atoms with van der Waals surface area (Å²) < 4.78 is 12.5. The molecule has 0 fully saturated rings. The van der Waals surface area contributed by atoms with E-state index in [1.165, 1.54) is 0 Å². The van der Waals surface area contributed by atoms with Crippen LogP contribution in [0.1, 0.15) is 41.9 Å². The van der Waals surface area contributed by atoms with Gasteiger partial charge in [-0.15, -0.1) is 0 Å². The highest BCUT2D eigenvalue weighted by molar-refractivity contribution is 5.77. The summed E-state index contributed by atoms with van der Waals surface area (Å²) in [6.45, 7) is 5.94. The first-order chi connectivity index (χ1) is 11.9. The first-order valence-electron chi connectivity index (χ1n) is 8.37. The molecule has 6 nitrogen and oxygen atoms in total. The first-order valence-corrected chi connectivity index (χ1v) is 8.37. The number of methoxy groups -OCH3 is 2. The number of rotatable bonds is 7. The van der Waals surface area contributed by atoms with Crippen LogP contribution in [0.15, 0.2) is 18.2 Å². The number of nitrogens with one attached hydrogen (secondary N) is 1. The Morgan fingerprint density at radius 3 is 2.56 bits per heavy atom. The van der Waals surface area contributed by atoms with E-state index in [1.807, 2.05) is 50.7 Å². The number of ether oxygens (including phenoxy) is 2. The van der Waals surface area contributed by atoms with Gasteiger partial charge < -0.3 is 14.8 Å². The molecule has 0 aliphatic carbocycles. The average Bonchev–Trinajstić information content (AvgIpc) is 2.84. The molecular weight excluding hydrogens is 318 g/mol. The van der Waals surface area contributed by atoms with E-state index in [-0.39, 0.29) is 11.9 Å². The second-order valence-corrected chi connectivity index (χ2v) is 6.17. The molecule has 1 heterocycles. The maximum atomic E-state index is 12.4. The number of hydrogen-bond donors (Lipinski definition) is 1. The van der Waals surface area contributed by atoms with Gasteiger partial charge in [-0.05, 0) is 51.0 Å². The van der Waals surface area contributed by atoms with Crippen LogP contribution in [0, 0.1) is 13.8 Å². The molecule has 0 aliphatic rings. The Hall–Kier alpha value is -2.50. The van der Waals surface area contributed by atoms with Crippen LogP contribution >= 0.6 is 0 Å². The van der Waals surface area contributed by atoms with E-state index in [0.29, 0.717) is 12.8 Å². The molecule has 2 rings (SSSR count). The molecule has 0 saturated carbocycles. The molecule has 0 spiro atoms. The molecule has 1 aromatic heterocycles. The van der Waals surface area contributed by atoms with Crippen molar-refractivity contribution in [2.24, 2.45) is 7.05 Å². The van der Waals surface area contributed by atoms with Crippen LogP contribution in [-0.2, 0) is 18.3 Å². The topological polar surface area (TPSA) is 65.4 Å². The Morgan fingerprint density at radius 2 is 2.00 bits per heavy atom. The SMILES string of the molecule is COc1ccc(OC)c(C(C)NC(=O)CCc2c(C)nn(C)c2C)c1. The number of nitrogens with zero attached hydrogens (tertiary/aromatic N) is 2. The third-order valence-electron chi connectivity index (χ3n) is 4.54. The summed E-state index contributed by atoms with van der Waals surface area (Å²) in [5, 5.41) is 7.43. The smallest absolute Gasteiger partial charge is 0.220 e. The molecule has 0 radical (unpaired) electrons. The molecule has 1 unspecified atom stereocenters. The zero-order chi connectivity index (χ0) is 18.6. The highest BCUT2D eigenvalue weighted by Crippen LogP contribution is 2.29. The van der Waals surface area contributed by atoms with Crippen LogP contribution in [0.5, 0.6) is 11.5 Å². The van der Waals surface area contributed by atoms with Gasteiger partial charge in [-0.25, -0.2) is 0 Å². The minimum atomic E-state index is -0.173. The van der Waals surface area contributed by atoms with Crippen LogP contribution in [0.3, 0.4) is 0 Å². The van der Waals surface area contributed by atoms with Crippen molar-refractivity contribution >= 4 is 5.91 Å². The van der Waals surface area contributed by atoms with Crippen LogP contribution < -0.4 is 14.8 Å². The molecule has 1 N–H and O–H groups in total. The molecule has 6 heteroatoms. The van der Waals surface area contributed by atoms with Crippen LogP contribution in [0.4, 0.5) is 0 Å². The first kappa shape index (κ1) is 18.8. The Balaban J connectivity index is 2.03. The van der Waals surface area contributed by atoms with Crippen molar-refractivity contribution < 1.29 is 14.3 Å². The molecule has 2 aromatic rings. The Labute approximate surface area is 149 Å². The van der Waals surface area contributed by atoms with E-state index in [1.54, 1.807) is 14.2 Å². The third kappa shape index (κ3) is 4.32. The van der Waals surface area contributed by atoms with Gasteiger partial charge in [0, 0.05) is 24.7 Å². The molecule has 0 saturated heterocycles. The van der Waals surface area contributed by atoms with Crippen molar-refractivity contribution in [2.75, 3.05) is 14.2 Å². The second kappa shape index (κ2) is 8.05. The maximum Gasteiger partial charge on any atom is 0.220 e. The number of carbonyl (C=O) groups excluding carboxylic acids is 1. The molecule has 1 atom stereocenters. The lowest BCUT2D eigenvalue weighted by atomic mass is 10.0. The number of aryl methyl sites for hydroxylation is 2. The summed E-state index contributed by atoms with van der Waals surface area (Å²) in [5.74, 6) is 1.46. The van der Waals surface area contributed by atoms with Crippen molar-refractivity contribution in [3.8, 4) is 11.5 Å². The van der Waals surface area contributed by atoms with Crippen molar-refractivity contribution in [1.29, 1.82) is 0 Å². The summed E-state index contributed by atoms with van der Waals surface area (Å²) in [7, 11) is 5.16. The van der Waals surface area contributed by atoms with Crippen molar-refractivity contribution in [3.05, 3.63) is 40.7 Å². The van der Waals surface area contributed by atoms with Gasteiger partial charge in [0.05, 0.1) is 26.0 Å². The minimum absolute atomic E-state index is 0.0000241. The lowest BCUT2D eigenvalue weighted by Gasteiger charge is -2.18.